The van der Waals surface area contributed by atoms with Gasteiger partial charge in [-0.15, -0.1) is 0 Å². The van der Waals surface area contributed by atoms with E-state index >= 15 is 0 Å². The van der Waals surface area contributed by atoms with Gasteiger partial charge in [-0.3, -0.25) is 14.6 Å². The molecule has 31 heavy (non-hydrogen) atoms. The molecule has 0 amide bonds. The zero-order chi connectivity index (χ0) is 21.6. The van der Waals surface area contributed by atoms with Crippen LogP contribution < -0.4 is 10.1 Å². The average molecular weight is 434 g/mol. The first-order valence-electron chi connectivity index (χ1n) is 10.7. The maximum atomic E-state index is 13.2. The summed E-state index contributed by atoms with van der Waals surface area (Å²) >= 11 is 1.50. The zero-order valence-corrected chi connectivity index (χ0v) is 18.3. The van der Waals surface area contributed by atoms with Crippen molar-refractivity contribution in [3.05, 3.63) is 76.3 Å². The first-order valence-corrected chi connectivity index (χ1v) is 11.6. The van der Waals surface area contributed by atoms with Crippen LogP contribution in [-0.4, -0.2) is 26.6 Å². The lowest BCUT2D eigenvalue weighted by Gasteiger charge is -2.04. The van der Waals surface area contributed by atoms with E-state index in [1.807, 2.05) is 24.3 Å². The highest BCUT2D eigenvalue weighted by atomic mass is 32.2. The number of aromatic nitrogens is 4. The Bertz CT molecular complexity index is 1270. The number of hydrogen-bond donors (Lipinski definition) is 1. The average Bonchev–Trinajstić information content (AvgIpc) is 2.80. The molecule has 4 rings (SSSR count). The van der Waals surface area contributed by atoms with Crippen LogP contribution in [0.15, 0.2) is 64.5 Å². The highest BCUT2D eigenvalue weighted by Crippen LogP contribution is 2.17. The van der Waals surface area contributed by atoms with Gasteiger partial charge in [-0.05, 0) is 23.5 Å². The summed E-state index contributed by atoms with van der Waals surface area (Å²) in [6, 6.07) is 16.3. The smallest absolute Gasteiger partial charge is 0.295 e. The number of rotatable bonds is 9. The van der Waals surface area contributed by atoms with Crippen molar-refractivity contribution in [2.45, 2.75) is 44.2 Å². The number of hydrogen-bond acceptors (Lipinski definition) is 5. The number of carbonyl (C=O) groups is 1. The minimum absolute atomic E-state index is 0.135. The molecular weight excluding hydrogens is 408 g/mol. The number of benzene rings is 2. The number of nitrogens with zero attached hydrogens (tertiary/aromatic N) is 3. The molecule has 0 saturated heterocycles. The van der Waals surface area contributed by atoms with Gasteiger partial charge in [-0.25, -0.2) is 0 Å². The van der Waals surface area contributed by atoms with E-state index in [9.17, 15) is 9.59 Å². The Labute approximate surface area is 184 Å². The van der Waals surface area contributed by atoms with Gasteiger partial charge in [0.1, 0.15) is 0 Å². The molecule has 2 aromatic carbocycles. The Balaban J connectivity index is 1.76. The molecule has 0 fully saturated rings. The minimum atomic E-state index is -0.274. The predicted octanol–water partition coefficient (Wildman–Crippen LogP) is 4.35. The van der Waals surface area contributed by atoms with E-state index in [4.69, 9.17) is 0 Å². The number of para-hydroxylation sites is 1. The number of thioether (sulfide) groups is 1. The molecule has 6 nitrogen and oxygen atoms in total. The van der Waals surface area contributed by atoms with Crippen LogP contribution in [0.5, 0.6) is 0 Å². The number of aromatic amines is 1. The van der Waals surface area contributed by atoms with Gasteiger partial charge < -0.3 is 0 Å². The third-order valence-corrected chi connectivity index (χ3v) is 6.10. The Morgan fingerprint density at radius 3 is 2.55 bits per heavy atom. The van der Waals surface area contributed by atoms with Gasteiger partial charge in [0.25, 0.3) is 5.78 Å². The summed E-state index contributed by atoms with van der Waals surface area (Å²) in [5, 5.41) is 5.77. The molecule has 0 spiro atoms. The second kappa shape index (κ2) is 9.83. The number of fused-ring (bicyclic) bond motifs is 3. The summed E-state index contributed by atoms with van der Waals surface area (Å²) in [6.45, 7) is 2.20. The molecule has 0 aliphatic rings. The highest BCUT2D eigenvalue weighted by molar-refractivity contribution is 7.99. The summed E-state index contributed by atoms with van der Waals surface area (Å²) in [4.78, 5) is 33.7. The number of carbonyl (C=O) groups excluding carboxylic acids is 1. The monoisotopic (exact) mass is 433 g/mol. The van der Waals surface area contributed by atoms with E-state index in [1.54, 1.807) is 30.3 Å². The van der Waals surface area contributed by atoms with Crippen LogP contribution in [0.1, 0.15) is 55.2 Å². The largest absolute Gasteiger partial charge is 0.398 e. The van der Waals surface area contributed by atoms with Crippen molar-refractivity contribution in [3.8, 4) is 0 Å². The zero-order valence-electron chi connectivity index (χ0n) is 17.5. The maximum Gasteiger partial charge on any atom is 0.398 e. The molecule has 0 saturated carbocycles. The molecule has 4 aromatic rings. The van der Waals surface area contributed by atoms with E-state index in [2.05, 4.69) is 22.0 Å². The molecule has 7 heteroatoms. The number of H-pyrrole nitrogens is 1. The van der Waals surface area contributed by atoms with E-state index < -0.39 is 0 Å². The summed E-state index contributed by atoms with van der Waals surface area (Å²) in [6.07, 6.45) is 5.90. The SMILES string of the molecule is CCCCCCCSc1n[n+]2c(C(=O)c3ccccc3)nc3ccccc3c2c(=O)[nH]1. The summed E-state index contributed by atoms with van der Waals surface area (Å²) < 4.78 is 1.41. The van der Waals surface area contributed by atoms with E-state index in [1.165, 1.54) is 35.5 Å². The molecule has 1 N–H and O–H groups in total. The third-order valence-electron chi connectivity index (χ3n) is 5.15. The number of unbranched alkanes of at least 4 members (excludes halogenated alkanes) is 4. The topological polar surface area (TPSA) is 79.8 Å². The van der Waals surface area contributed by atoms with Gasteiger partial charge in [0.15, 0.2) is 5.52 Å². The number of nitrogens with one attached hydrogen (secondary N) is 1. The summed E-state index contributed by atoms with van der Waals surface area (Å²) in [7, 11) is 0. The van der Waals surface area contributed by atoms with Gasteiger partial charge in [-0.2, -0.15) is 0 Å². The van der Waals surface area contributed by atoms with E-state index in [-0.39, 0.29) is 17.2 Å². The lowest BCUT2D eigenvalue weighted by atomic mass is 10.1. The summed E-state index contributed by atoms with van der Waals surface area (Å²) in [5.41, 5.74) is 1.15. The quantitative estimate of drug-likeness (QED) is 0.140. The van der Waals surface area contributed by atoms with Gasteiger partial charge in [0, 0.05) is 11.3 Å². The maximum absolute atomic E-state index is 13.2. The van der Waals surface area contributed by atoms with Crippen LogP contribution in [0.4, 0.5) is 0 Å². The van der Waals surface area contributed by atoms with Crippen molar-refractivity contribution in [1.29, 1.82) is 0 Å². The second-order valence-electron chi connectivity index (χ2n) is 7.43. The van der Waals surface area contributed by atoms with Crippen molar-refractivity contribution in [2.75, 3.05) is 5.75 Å². The standard InChI is InChI=1S/C24H24N4O2S/c1-2-3-4-5-11-16-31-24-26-23(30)20-18-14-9-10-15-19(18)25-22(28(20)27-24)21(29)17-12-7-6-8-13-17/h6-10,12-15H,2-5,11,16H2,1H3/p+1. The van der Waals surface area contributed by atoms with Gasteiger partial charge in [0.05, 0.1) is 5.39 Å². The normalized spacial score (nSPS) is 11.3. The van der Waals surface area contributed by atoms with Crippen molar-refractivity contribution < 1.29 is 9.31 Å². The minimum Gasteiger partial charge on any atom is -0.295 e. The lowest BCUT2D eigenvalue weighted by molar-refractivity contribution is -0.591. The summed E-state index contributed by atoms with van der Waals surface area (Å²) in [5.74, 6) is 0.729. The van der Waals surface area contributed by atoms with Gasteiger partial charge in [-0.1, -0.05) is 96.4 Å². The first-order chi connectivity index (χ1) is 15.2. The molecule has 158 valence electrons. The van der Waals surface area contributed by atoms with Crippen molar-refractivity contribution >= 4 is 34.0 Å². The molecule has 0 aliphatic carbocycles. The molecule has 0 radical (unpaired) electrons. The van der Waals surface area contributed by atoms with E-state index in [0.717, 1.165) is 18.6 Å². The van der Waals surface area contributed by atoms with Crippen LogP contribution in [0, 0.1) is 0 Å². The van der Waals surface area contributed by atoms with Crippen LogP contribution in [0.2, 0.25) is 0 Å². The number of ketones is 1. The van der Waals surface area contributed by atoms with Gasteiger partial charge >= 0.3 is 11.4 Å². The molecule has 0 bridgehead atoms. The second-order valence-corrected chi connectivity index (χ2v) is 8.51. The van der Waals surface area contributed by atoms with Crippen molar-refractivity contribution in [2.24, 2.45) is 0 Å². The molecule has 0 aliphatic heterocycles. The molecular formula is C24H25N4O2S+. The third kappa shape index (κ3) is 4.66. The molecule has 2 heterocycles. The van der Waals surface area contributed by atoms with Crippen molar-refractivity contribution in [1.82, 2.24) is 15.1 Å². The Morgan fingerprint density at radius 2 is 1.74 bits per heavy atom. The van der Waals surface area contributed by atoms with Crippen LogP contribution in [0.25, 0.3) is 16.4 Å². The first kappa shape index (κ1) is 21.2. The Morgan fingerprint density at radius 1 is 1.00 bits per heavy atom. The molecule has 0 atom stereocenters. The highest BCUT2D eigenvalue weighted by Gasteiger charge is 2.28. The van der Waals surface area contributed by atoms with E-state index in [0.29, 0.717) is 27.1 Å². The fraction of sp³-hybridized carbons (Fsp3) is 0.292. The lowest BCUT2D eigenvalue weighted by Crippen LogP contribution is -2.42. The molecule has 0 unspecified atom stereocenters. The Kier molecular flexibility index (Phi) is 6.72. The van der Waals surface area contributed by atoms with Crippen LogP contribution in [-0.2, 0) is 0 Å². The molecule has 2 aromatic heterocycles. The fourth-order valence-electron chi connectivity index (χ4n) is 3.55. The fourth-order valence-corrected chi connectivity index (χ4v) is 4.39. The van der Waals surface area contributed by atoms with Crippen molar-refractivity contribution in [3.63, 3.8) is 0 Å². The van der Waals surface area contributed by atoms with Crippen LogP contribution in [0.3, 0.4) is 0 Å². The van der Waals surface area contributed by atoms with Crippen LogP contribution >= 0.6 is 11.8 Å². The predicted molar refractivity (Wildman–Crippen MR) is 123 cm³/mol. The Hall–Kier alpha value is -3.06. The van der Waals surface area contributed by atoms with Gasteiger partial charge in [0.2, 0.25) is 10.7 Å².